The van der Waals surface area contributed by atoms with Crippen molar-refractivity contribution in [3.63, 3.8) is 0 Å². The molecule has 2 rings (SSSR count). The average molecular weight is 266 g/mol. The largest absolute Gasteiger partial charge is 0.326 e. The molecule has 2 nitrogen and oxygen atoms in total. The van der Waals surface area contributed by atoms with Crippen LogP contribution in [-0.4, -0.2) is 30.1 Å². The van der Waals surface area contributed by atoms with Gasteiger partial charge in [-0.25, -0.2) is 0 Å². The Morgan fingerprint density at radius 2 is 1.84 bits per heavy atom. The maximum absolute atomic E-state index is 6.43. The molecule has 1 aliphatic heterocycles. The van der Waals surface area contributed by atoms with Crippen molar-refractivity contribution < 1.29 is 0 Å². The minimum atomic E-state index is 0.418. The highest BCUT2D eigenvalue weighted by Crippen LogP contribution is 2.38. The van der Waals surface area contributed by atoms with Crippen LogP contribution in [0.15, 0.2) is 0 Å². The molecule has 0 bridgehead atoms. The maximum Gasteiger partial charge on any atom is 0.0249 e. The number of hydrogen-bond donors (Lipinski definition) is 1. The Hall–Kier alpha value is -0.0800. The summed E-state index contributed by atoms with van der Waals surface area (Å²) in [4.78, 5) is 2.72. The molecular weight excluding hydrogens is 232 g/mol. The van der Waals surface area contributed by atoms with Gasteiger partial charge in [0.05, 0.1) is 0 Å². The molecule has 2 N–H and O–H groups in total. The van der Waals surface area contributed by atoms with Crippen LogP contribution in [0, 0.1) is 17.3 Å². The van der Waals surface area contributed by atoms with E-state index in [4.69, 9.17) is 5.73 Å². The van der Waals surface area contributed by atoms with E-state index in [1.165, 1.54) is 51.6 Å². The average Bonchev–Trinajstić information content (AvgIpc) is 2.40. The Bertz CT molecular complexity index is 279. The molecule has 112 valence electrons. The van der Waals surface area contributed by atoms with Gasteiger partial charge in [-0.2, -0.15) is 0 Å². The highest BCUT2D eigenvalue weighted by Gasteiger charge is 2.37. The summed E-state index contributed by atoms with van der Waals surface area (Å²) in [6.07, 6.45) is 7.96. The van der Waals surface area contributed by atoms with E-state index in [1.54, 1.807) is 0 Å². The Labute approximate surface area is 120 Å². The molecule has 2 heteroatoms. The second kappa shape index (κ2) is 6.13. The van der Waals surface area contributed by atoms with Crippen molar-refractivity contribution in [2.45, 2.75) is 78.3 Å². The van der Waals surface area contributed by atoms with Gasteiger partial charge in [0.2, 0.25) is 0 Å². The van der Waals surface area contributed by atoms with E-state index >= 15 is 0 Å². The lowest BCUT2D eigenvalue weighted by Crippen LogP contribution is -2.54. The van der Waals surface area contributed by atoms with Crippen LogP contribution in [0.2, 0.25) is 0 Å². The topological polar surface area (TPSA) is 29.3 Å². The highest BCUT2D eigenvalue weighted by molar-refractivity contribution is 4.93. The zero-order valence-electron chi connectivity index (χ0n) is 13.5. The minimum Gasteiger partial charge on any atom is -0.326 e. The van der Waals surface area contributed by atoms with Gasteiger partial charge < -0.3 is 5.73 Å². The summed E-state index contributed by atoms with van der Waals surface area (Å²) in [5.74, 6) is 1.71. The van der Waals surface area contributed by atoms with Gasteiger partial charge in [0.15, 0.2) is 0 Å². The first-order valence-corrected chi connectivity index (χ1v) is 8.45. The Balaban J connectivity index is 1.93. The Morgan fingerprint density at radius 1 is 1.21 bits per heavy atom. The van der Waals surface area contributed by atoms with E-state index in [0.717, 1.165) is 11.8 Å². The molecule has 2 fully saturated rings. The first-order chi connectivity index (χ1) is 8.95. The molecule has 3 atom stereocenters. The third-order valence-corrected chi connectivity index (χ3v) is 6.18. The lowest BCUT2D eigenvalue weighted by atomic mass is 9.74. The summed E-state index contributed by atoms with van der Waals surface area (Å²) in [5.41, 5.74) is 7.02. The van der Waals surface area contributed by atoms with Crippen molar-refractivity contribution in [1.82, 2.24) is 4.90 Å². The van der Waals surface area contributed by atoms with E-state index < -0.39 is 0 Å². The molecule has 19 heavy (non-hydrogen) atoms. The van der Waals surface area contributed by atoms with Crippen molar-refractivity contribution in [3.8, 4) is 0 Å². The first-order valence-electron chi connectivity index (χ1n) is 8.45. The van der Waals surface area contributed by atoms with Crippen molar-refractivity contribution >= 4 is 0 Å². The van der Waals surface area contributed by atoms with Gasteiger partial charge in [-0.3, -0.25) is 4.90 Å². The lowest BCUT2D eigenvalue weighted by Gasteiger charge is -2.47. The second-order valence-corrected chi connectivity index (χ2v) is 7.75. The maximum atomic E-state index is 6.43. The molecular formula is C17H34N2. The smallest absolute Gasteiger partial charge is 0.0249 e. The molecule has 0 radical (unpaired) electrons. The molecule has 2 aliphatic rings. The molecule has 0 amide bonds. The lowest BCUT2D eigenvalue weighted by molar-refractivity contribution is 0.0388. The third-order valence-electron chi connectivity index (χ3n) is 6.18. The van der Waals surface area contributed by atoms with Crippen molar-refractivity contribution in [2.24, 2.45) is 23.0 Å². The summed E-state index contributed by atoms with van der Waals surface area (Å²) >= 11 is 0. The van der Waals surface area contributed by atoms with Gasteiger partial charge in [0.25, 0.3) is 0 Å². The van der Waals surface area contributed by atoms with Gasteiger partial charge >= 0.3 is 0 Å². The molecule has 0 aromatic rings. The van der Waals surface area contributed by atoms with Crippen LogP contribution in [0.25, 0.3) is 0 Å². The zero-order valence-corrected chi connectivity index (χ0v) is 13.5. The second-order valence-electron chi connectivity index (χ2n) is 7.75. The summed E-state index contributed by atoms with van der Waals surface area (Å²) < 4.78 is 0. The molecule has 0 spiro atoms. The van der Waals surface area contributed by atoms with Gasteiger partial charge in [0.1, 0.15) is 0 Å². The Kier molecular flexibility index (Phi) is 4.94. The molecule has 1 saturated heterocycles. The van der Waals surface area contributed by atoms with Crippen molar-refractivity contribution in [1.29, 1.82) is 0 Å². The number of piperidine rings is 1. The normalized spacial score (nSPS) is 36.6. The summed E-state index contributed by atoms with van der Waals surface area (Å²) in [5, 5.41) is 0. The fourth-order valence-electron chi connectivity index (χ4n) is 3.98. The van der Waals surface area contributed by atoms with E-state index in [-0.39, 0.29) is 0 Å². The van der Waals surface area contributed by atoms with Crippen LogP contribution in [-0.2, 0) is 0 Å². The van der Waals surface area contributed by atoms with Gasteiger partial charge in [0, 0.05) is 12.1 Å². The van der Waals surface area contributed by atoms with Crippen LogP contribution < -0.4 is 5.73 Å². The molecule has 3 unspecified atom stereocenters. The quantitative estimate of drug-likeness (QED) is 0.845. The number of hydrogen-bond acceptors (Lipinski definition) is 2. The molecule has 0 aromatic heterocycles. The van der Waals surface area contributed by atoms with E-state index in [1.807, 2.05) is 0 Å². The predicted octanol–water partition coefficient (Wildman–Crippen LogP) is 3.65. The van der Waals surface area contributed by atoms with Crippen molar-refractivity contribution in [3.05, 3.63) is 0 Å². The van der Waals surface area contributed by atoms with Crippen LogP contribution in [0.1, 0.15) is 66.2 Å². The van der Waals surface area contributed by atoms with Crippen LogP contribution in [0.5, 0.6) is 0 Å². The van der Waals surface area contributed by atoms with Crippen LogP contribution in [0.4, 0.5) is 0 Å². The fourth-order valence-corrected chi connectivity index (χ4v) is 3.98. The fraction of sp³-hybridized carbons (Fsp3) is 1.00. The van der Waals surface area contributed by atoms with Gasteiger partial charge in [-0.05, 0) is 62.4 Å². The molecule has 1 aliphatic carbocycles. The minimum absolute atomic E-state index is 0.418. The van der Waals surface area contributed by atoms with Gasteiger partial charge in [-0.1, -0.05) is 34.1 Å². The summed E-state index contributed by atoms with van der Waals surface area (Å²) in [7, 11) is 0. The SMILES string of the molecule is CCC1(C)CCN(C2CC(C(C)C)CCC2N)CC1. The molecule has 1 heterocycles. The molecule has 1 saturated carbocycles. The van der Waals surface area contributed by atoms with E-state index in [2.05, 4.69) is 32.6 Å². The molecule has 0 aromatic carbocycles. The Morgan fingerprint density at radius 3 is 2.37 bits per heavy atom. The number of rotatable bonds is 3. The van der Waals surface area contributed by atoms with Crippen LogP contribution in [0.3, 0.4) is 0 Å². The first kappa shape index (κ1) is 15.3. The predicted molar refractivity (Wildman–Crippen MR) is 83.1 cm³/mol. The van der Waals surface area contributed by atoms with E-state index in [9.17, 15) is 0 Å². The van der Waals surface area contributed by atoms with E-state index in [0.29, 0.717) is 17.5 Å². The highest BCUT2D eigenvalue weighted by atomic mass is 15.2. The number of likely N-dealkylation sites (tertiary alicyclic amines) is 1. The zero-order chi connectivity index (χ0) is 14.0. The number of nitrogens with zero attached hydrogens (tertiary/aromatic N) is 1. The summed E-state index contributed by atoms with van der Waals surface area (Å²) in [6, 6.07) is 1.07. The van der Waals surface area contributed by atoms with Crippen molar-refractivity contribution in [2.75, 3.05) is 13.1 Å². The van der Waals surface area contributed by atoms with Gasteiger partial charge in [-0.15, -0.1) is 0 Å². The summed E-state index contributed by atoms with van der Waals surface area (Å²) in [6.45, 7) is 12.1. The van der Waals surface area contributed by atoms with Crippen LogP contribution >= 0.6 is 0 Å². The number of nitrogens with two attached hydrogens (primary N) is 1. The third kappa shape index (κ3) is 3.52. The standard InChI is InChI=1S/C17H34N2/c1-5-17(4)8-10-19(11-9-17)16-12-14(13(2)3)6-7-15(16)18/h13-16H,5-12,18H2,1-4H3. The monoisotopic (exact) mass is 266 g/mol.